The number of rotatable bonds is 5. The Morgan fingerprint density at radius 3 is 2.45 bits per heavy atom. The van der Waals surface area contributed by atoms with Crippen LogP contribution in [0, 0.1) is 0 Å². The number of pyridine rings is 1. The van der Waals surface area contributed by atoms with Crippen molar-refractivity contribution in [3.63, 3.8) is 0 Å². The Morgan fingerprint density at radius 2 is 1.79 bits per heavy atom. The van der Waals surface area contributed by atoms with E-state index < -0.39 is 30.2 Å². The summed E-state index contributed by atoms with van der Waals surface area (Å²) in [5.41, 5.74) is 1.69. The largest absolute Gasteiger partial charge is 0.462 e. The highest BCUT2D eigenvalue weighted by Gasteiger charge is 2.36. The van der Waals surface area contributed by atoms with Gasteiger partial charge in [0.15, 0.2) is 0 Å². The van der Waals surface area contributed by atoms with Gasteiger partial charge in [0.1, 0.15) is 12.1 Å². The number of nitrogens with one attached hydrogen (secondary N) is 1. The number of carbonyl (C=O) groups is 4. The molecule has 1 aromatic carbocycles. The van der Waals surface area contributed by atoms with E-state index in [0.29, 0.717) is 11.2 Å². The van der Waals surface area contributed by atoms with E-state index >= 15 is 0 Å². The van der Waals surface area contributed by atoms with Crippen LogP contribution in [0.4, 0.5) is 5.69 Å². The van der Waals surface area contributed by atoms with Gasteiger partial charge in [0.05, 0.1) is 29.4 Å². The van der Waals surface area contributed by atoms with E-state index in [9.17, 15) is 19.2 Å². The summed E-state index contributed by atoms with van der Waals surface area (Å²) in [5, 5.41) is 6.71. The summed E-state index contributed by atoms with van der Waals surface area (Å²) in [4.78, 5) is 50.1. The first kappa shape index (κ1) is 18.4. The second kappa shape index (κ2) is 7.19. The molecule has 0 saturated heterocycles. The molecular formula is C20H16N4O5. The number of nitrogens with zero attached hydrogens (tertiary/aromatic N) is 3. The molecule has 0 atom stereocenters. The van der Waals surface area contributed by atoms with Gasteiger partial charge in [0.2, 0.25) is 5.91 Å². The maximum absolute atomic E-state index is 12.4. The van der Waals surface area contributed by atoms with Crippen molar-refractivity contribution in [1.29, 1.82) is 0 Å². The fourth-order valence-electron chi connectivity index (χ4n) is 3.15. The number of benzene rings is 1. The maximum Gasteiger partial charge on any atom is 0.341 e. The molecule has 2 aromatic heterocycles. The number of amides is 3. The molecule has 4 rings (SSSR count). The Morgan fingerprint density at radius 1 is 1.10 bits per heavy atom. The molecule has 3 amide bonds. The summed E-state index contributed by atoms with van der Waals surface area (Å²) in [6, 6.07) is 9.59. The predicted octanol–water partition coefficient (Wildman–Crippen LogP) is 1.75. The number of esters is 1. The molecule has 29 heavy (non-hydrogen) atoms. The average molecular weight is 392 g/mol. The standard InChI is InChI=1S/C20H16N4O5/c1-2-29-20(28)15-10-21-24-8-7-12(9-16(15)24)22-17(25)11-23-18(26)13-5-3-4-6-14(13)19(23)27/h3-10H,2,11H2,1H3,(H,22,25). The highest BCUT2D eigenvalue weighted by molar-refractivity contribution is 6.22. The number of hydrogen-bond donors (Lipinski definition) is 1. The Kier molecular flexibility index (Phi) is 4.55. The van der Waals surface area contributed by atoms with Crippen molar-refractivity contribution in [1.82, 2.24) is 14.5 Å². The zero-order valence-corrected chi connectivity index (χ0v) is 15.4. The lowest BCUT2D eigenvalue weighted by atomic mass is 10.1. The molecule has 1 aliphatic rings. The van der Waals surface area contributed by atoms with Crippen molar-refractivity contribution >= 4 is 34.9 Å². The summed E-state index contributed by atoms with van der Waals surface area (Å²) in [6.45, 7) is 1.52. The van der Waals surface area contributed by atoms with Crippen LogP contribution in [0.5, 0.6) is 0 Å². The monoisotopic (exact) mass is 392 g/mol. The first-order chi connectivity index (χ1) is 14.0. The summed E-state index contributed by atoms with van der Waals surface area (Å²) < 4.78 is 6.48. The van der Waals surface area contributed by atoms with Crippen LogP contribution in [-0.4, -0.2) is 51.4 Å². The first-order valence-corrected chi connectivity index (χ1v) is 8.89. The van der Waals surface area contributed by atoms with E-state index in [2.05, 4.69) is 10.4 Å². The Labute approximate surface area is 164 Å². The number of aromatic nitrogens is 2. The number of hydrogen-bond acceptors (Lipinski definition) is 6. The van der Waals surface area contributed by atoms with Crippen LogP contribution in [-0.2, 0) is 9.53 Å². The van der Waals surface area contributed by atoms with E-state index in [1.165, 1.54) is 10.7 Å². The van der Waals surface area contributed by atoms with Crippen LogP contribution >= 0.6 is 0 Å². The molecular weight excluding hydrogens is 376 g/mol. The molecule has 0 fully saturated rings. The summed E-state index contributed by atoms with van der Waals surface area (Å²) in [6.07, 6.45) is 2.97. The van der Waals surface area contributed by atoms with Crippen LogP contribution in [0.2, 0.25) is 0 Å². The third-order valence-electron chi connectivity index (χ3n) is 4.48. The Balaban J connectivity index is 1.51. The van der Waals surface area contributed by atoms with Gasteiger partial charge in [-0.05, 0) is 31.2 Å². The highest BCUT2D eigenvalue weighted by Crippen LogP contribution is 2.22. The zero-order valence-electron chi connectivity index (χ0n) is 15.4. The molecule has 0 spiro atoms. The Hall–Kier alpha value is -4.01. The molecule has 0 aliphatic carbocycles. The van der Waals surface area contributed by atoms with Gasteiger partial charge in [-0.3, -0.25) is 19.3 Å². The molecule has 0 bridgehead atoms. The normalized spacial score (nSPS) is 12.9. The fraction of sp³-hybridized carbons (Fsp3) is 0.150. The maximum atomic E-state index is 12.4. The van der Waals surface area contributed by atoms with E-state index in [1.807, 2.05) is 0 Å². The second-order valence-electron chi connectivity index (χ2n) is 6.31. The molecule has 3 heterocycles. The minimum Gasteiger partial charge on any atom is -0.462 e. The lowest BCUT2D eigenvalue weighted by Crippen LogP contribution is -2.37. The van der Waals surface area contributed by atoms with E-state index in [0.717, 1.165) is 4.90 Å². The van der Waals surface area contributed by atoms with Gasteiger partial charge in [-0.15, -0.1) is 0 Å². The number of imide groups is 1. The van der Waals surface area contributed by atoms with Gasteiger partial charge in [0.25, 0.3) is 11.8 Å². The van der Waals surface area contributed by atoms with Gasteiger partial charge < -0.3 is 10.1 Å². The molecule has 0 saturated carbocycles. The Bertz CT molecular complexity index is 1130. The average Bonchev–Trinajstić information content (AvgIpc) is 3.23. The molecule has 9 nitrogen and oxygen atoms in total. The summed E-state index contributed by atoms with van der Waals surface area (Å²) in [5.74, 6) is -2.06. The lowest BCUT2D eigenvalue weighted by Gasteiger charge is -2.13. The van der Waals surface area contributed by atoms with Crippen molar-refractivity contribution in [2.75, 3.05) is 18.5 Å². The van der Waals surface area contributed by atoms with Crippen molar-refractivity contribution in [2.45, 2.75) is 6.92 Å². The predicted molar refractivity (Wildman–Crippen MR) is 102 cm³/mol. The van der Waals surface area contributed by atoms with Gasteiger partial charge in [-0.25, -0.2) is 9.31 Å². The third-order valence-corrected chi connectivity index (χ3v) is 4.48. The smallest absolute Gasteiger partial charge is 0.341 e. The SMILES string of the molecule is CCOC(=O)c1cnn2ccc(NC(=O)CN3C(=O)c4ccccc4C3=O)cc12. The van der Waals surface area contributed by atoms with Gasteiger partial charge in [-0.1, -0.05) is 12.1 Å². The van der Waals surface area contributed by atoms with Crippen LogP contribution in [0.15, 0.2) is 48.8 Å². The van der Waals surface area contributed by atoms with Crippen molar-refractivity contribution in [3.05, 3.63) is 65.5 Å². The third kappa shape index (κ3) is 3.22. The molecule has 0 radical (unpaired) electrons. The van der Waals surface area contributed by atoms with Crippen molar-refractivity contribution < 1.29 is 23.9 Å². The highest BCUT2D eigenvalue weighted by atomic mass is 16.5. The summed E-state index contributed by atoms with van der Waals surface area (Å²) in [7, 11) is 0. The van der Waals surface area contributed by atoms with E-state index in [-0.39, 0.29) is 23.3 Å². The summed E-state index contributed by atoms with van der Waals surface area (Å²) >= 11 is 0. The molecule has 1 aliphatic heterocycles. The first-order valence-electron chi connectivity index (χ1n) is 8.89. The topological polar surface area (TPSA) is 110 Å². The van der Waals surface area contributed by atoms with Crippen LogP contribution in [0.3, 0.4) is 0 Å². The zero-order chi connectivity index (χ0) is 20.5. The van der Waals surface area contributed by atoms with Crippen molar-refractivity contribution in [2.24, 2.45) is 0 Å². The van der Waals surface area contributed by atoms with Crippen LogP contribution in [0.1, 0.15) is 38.0 Å². The van der Waals surface area contributed by atoms with Crippen molar-refractivity contribution in [3.8, 4) is 0 Å². The van der Waals surface area contributed by atoms with Crippen LogP contribution in [0.25, 0.3) is 5.52 Å². The number of anilines is 1. The minimum absolute atomic E-state index is 0.229. The minimum atomic E-state index is -0.541. The number of fused-ring (bicyclic) bond motifs is 2. The second-order valence-corrected chi connectivity index (χ2v) is 6.31. The van der Waals surface area contributed by atoms with E-state index in [4.69, 9.17) is 4.74 Å². The number of ether oxygens (including phenoxy) is 1. The molecule has 0 unspecified atom stereocenters. The molecule has 1 N–H and O–H groups in total. The quantitative estimate of drug-likeness (QED) is 0.523. The van der Waals surface area contributed by atoms with Gasteiger partial charge in [-0.2, -0.15) is 5.10 Å². The molecule has 146 valence electrons. The van der Waals surface area contributed by atoms with Gasteiger partial charge >= 0.3 is 5.97 Å². The lowest BCUT2D eigenvalue weighted by molar-refractivity contribution is -0.116. The molecule has 9 heteroatoms. The van der Waals surface area contributed by atoms with E-state index in [1.54, 1.807) is 49.5 Å². The molecule has 3 aromatic rings. The van der Waals surface area contributed by atoms with Gasteiger partial charge in [0, 0.05) is 11.9 Å². The fourth-order valence-corrected chi connectivity index (χ4v) is 3.15. The number of carbonyl (C=O) groups excluding carboxylic acids is 4. The van der Waals surface area contributed by atoms with Crippen LogP contribution < -0.4 is 5.32 Å².